The molecule has 0 spiro atoms. The molecule has 134 valence electrons. The minimum absolute atomic E-state index is 0.224. The number of nitrogens with zero attached hydrogens (tertiary/aromatic N) is 4. The zero-order chi connectivity index (χ0) is 18.5. The van der Waals surface area contributed by atoms with Gasteiger partial charge in [-0.05, 0) is 30.7 Å². The van der Waals surface area contributed by atoms with Crippen LogP contribution in [0.15, 0.2) is 59.9 Å². The van der Waals surface area contributed by atoms with E-state index in [2.05, 4.69) is 16.8 Å². The topological polar surface area (TPSA) is 64.2 Å². The lowest BCUT2D eigenvalue weighted by atomic mass is 10.2. The van der Waals surface area contributed by atoms with Crippen molar-refractivity contribution in [2.75, 3.05) is 0 Å². The quantitative estimate of drug-likeness (QED) is 0.611. The highest BCUT2D eigenvalue weighted by Crippen LogP contribution is 2.14. The SMILES string of the molecule is C=CC(=O)N(Cc1cnn(-c2cccc(F)c2)c1)Cc1cc(CC)no1. The van der Waals surface area contributed by atoms with Crippen LogP contribution in [0, 0.1) is 5.82 Å². The van der Waals surface area contributed by atoms with Gasteiger partial charge in [0.1, 0.15) is 5.82 Å². The molecular formula is C19H19FN4O2. The molecule has 0 aliphatic rings. The van der Waals surface area contributed by atoms with Crippen LogP contribution < -0.4 is 0 Å². The normalized spacial score (nSPS) is 10.7. The summed E-state index contributed by atoms with van der Waals surface area (Å²) in [6.45, 7) is 6.13. The molecule has 1 aromatic carbocycles. The van der Waals surface area contributed by atoms with E-state index < -0.39 is 0 Å². The number of benzene rings is 1. The summed E-state index contributed by atoms with van der Waals surface area (Å²) in [5.41, 5.74) is 2.25. The Bertz CT molecular complexity index is 916. The van der Waals surface area contributed by atoms with Crippen LogP contribution in [0.3, 0.4) is 0 Å². The summed E-state index contributed by atoms with van der Waals surface area (Å²) in [5, 5.41) is 8.18. The molecule has 0 fully saturated rings. The Morgan fingerprint density at radius 1 is 1.38 bits per heavy atom. The summed E-state index contributed by atoms with van der Waals surface area (Å²) in [7, 11) is 0. The highest BCUT2D eigenvalue weighted by atomic mass is 19.1. The monoisotopic (exact) mass is 354 g/mol. The third-order valence-electron chi connectivity index (χ3n) is 3.89. The minimum atomic E-state index is -0.333. The van der Waals surface area contributed by atoms with Gasteiger partial charge >= 0.3 is 0 Å². The summed E-state index contributed by atoms with van der Waals surface area (Å²) < 4.78 is 20.2. The molecule has 0 aliphatic carbocycles. The van der Waals surface area contributed by atoms with E-state index in [1.807, 2.05) is 13.0 Å². The molecule has 0 unspecified atom stereocenters. The van der Waals surface area contributed by atoms with Crippen molar-refractivity contribution in [1.82, 2.24) is 19.8 Å². The van der Waals surface area contributed by atoms with E-state index >= 15 is 0 Å². The molecule has 0 aliphatic heterocycles. The summed E-state index contributed by atoms with van der Waals surface area (Å²) in [4.78, 5) is 13.8. The van der Waals surface area contributed by atoms with Crippen molar-refractivity contribution in [3.8, 4) is 5.69 Å². The number of carbonyl (C=O) groups excluding carboxylic acids is 1. The first-order chi connectivity index (χ1) is 12.6. The van der Waals surface area contributed by atoms with Crippen LogP contribution in [0.4, 0.5) is 4.39 Å². The number of aromatic nitrogens is 3. The maximum absolute atomic E-state index is 13.4. The van der Waals surface area contributed by atoms with Crippen LogP contribution in [-0.4, -0.2) is 25.7 Å². The molecule has 0 saturated carbocycles. The van der Waals surface area contributed by atoms with Gasteiger partial charge in [0.05, 0.1) is 24.1 Å². The maximum atomic E-state index is 13.4. The van der Waals surface area contributed by atoms with Crippen molar-refractivity contribution in [3.63, 3.8) is 0 Å². The molecule has 2 aromatic heterocycles. The summed E-state index contributed by atoms with van der Waals surface area (Å²) in [6.07, 6.45) is 5.43. The second-order valence-corrected chi connectivity index (χ2v) is 5.81. The molecule has 0 radical (unpaired) electrons. The highest BCUT2D eigenvalue weighted by Gasteiger charge is 2.16. The van der Waals surface area contributed by atoms with Gasteiger partial charge in [-0.3, -0.25) is 4.79 Å². The summed E-state index contributed by atoms with van der Waals surface area (Å²) in [5.74, 6) is 0.0487. The highest BCUT2D eigenvalue weighted by molar-refractivity contribution is 5.86. The predicted molar refractivity (Wildman–Crippen MR) is 93.9 cm³/mol. The standard InChI is InChI=1S/C19H19FN4O2/c1-3-16-9-18(26-22-16)13-23(19(25)4-2)11-14-10-21-24(12-14)17-7-5-6-15(20)8-17/h4-10,12H,2-3,11,13H2,1H3. The molecule has 0 saturated heterocycles. The second-order valence-electron chi connectivity index (χ2n) is 5.81. The second kappa shape index (κ2) is 7.77. The van der Waals surface area contributed by atoms with Gasteiger partial charge in [-0.2, -0.15) is 5.10 Å². The first kappa shape index (κ1) is 17.6. The van der Waals surface area contributed by atoms with Crippen molar-refractivity contribution in [2.45, 2.75) is 26.4 Å². The fourth-order valence-electron chi connectivity index (χ4n) is 2.55. The molecule has 0 N–H and O–H groups in total. The van der Waals surface area contributed by atoms with Gasteiger partial charge in [0.25, 0.3) is 0 Å². The Kier molecular flexibility index (Phi) is 5.26. The Morgan fingerprint density at radius 2 is 2.23 bits per heavy atom. The van der Waals surface area contributed by atoms with Gasteiger partial charge in [-0.15, -0.1) is 0 Å². The first-order valence-corrected chi connectivity index (χ1v) is 8.24. The van der Waals surface area contributed by atoms with Gasteiger partial charge in [0.2, 0.25) is 5.91 Å². The molecule has 3 rings (SSSR count). The van der Waals surface area contributed by atoms with E-state index in [-0.39, 0.29) is 18.3 Å². The van der Waals surface area contributed by atoms with Gasteiger partial charge in [-0.1, -0.05) is 24.7 Å². The van der Waals surface area contributed by atoms with Crippen molar-refractivity contribution in [1.29, 1.82) is 0 Å². The zero-order valence-electron chi connectivity index (χ0n) is 14.4. The molecule has 7 heteroatoms. The summed E-state index contributed by atoms with van der Waals surface area (Å²) >= 11 is 0. The molecule has 1 amide bonds. The average molecular weight is 354 g/mol. The molecule has 6 nitrogen and oxygen atoms in total. The molecule has 3 aromatic rings. The largest absolute Gasteiger partial charge is 0.359 e. The fourth-order valence-corrected chi connectivity index (χ4v) is 2.55. The third-order valence-corrected chi connectivity index (χ3v) is 3.89. The van der Waals surface area contributed by atoms with Crippen LogP contribution in [0.1, 0.15) is 23.9 Å². The van der Waals surface area contributed by atoms with Crippen LogP contribution in [0.25, 0.3) is 5.69 Å². The average Bonchev–Trinajstić information content (AvgIpc) is 3.30. The van der Waals surface area contributed by atoms with E-state index in [4.69, 9.17) is 4.52 Å². The van der Waals surface area contributed by atoms with Crippen LogP contribution in [0.5, 0.6) is 0 Å². The number of halogens is 1. The number of aryl methyl sites for hydroxylation is 1. The van der Waals surface area contributed by atoms with Crippen LogP contribution >= 0.6 is 0 Å². The van der Waals surface area contributed by atoms with Gasteiger partial charge in [-0.25, -0.2) is 9.07 Å². The summed E-state index contributed by atoms with van der Waals surface area (Å²) in [6, 6.07) is 7.98. The van der Waals surface area contributed by atoms with Crippen LogP contribution in [0.2, 0.25) is 0 Å². The van der Waals surface area contributed by atoms with Crippen molar-refractivity contribution in [3.05, 3.63) is 78.2 Å². The van der Waals surface area contributed by atoms with E-state index in [1.165, 1.54) is 18.2 Å². The number of carbonyl (C=O) groups is 1. The maximum Gasteiger partial charge on any atom is 0.246 e. The lowest BCUT2D eigenvalue weighted by Crippen LogP contribution is -2.28. The Morgan fingerprint density at radius 3 is 2.92 bits per heavy atom. The Labute approximate surface area is 150 Å². The number of rotatable bonds is 7. The van der Waals surface area contributed by atoms with E-state index in [1.54, 1.807) is 34.1 Å². The van der Waals surface area contributed by atoms with E-state index in [0.29, 0.717) is 18.0 Å². The smallest absolute Gasteiger partial charge is 0.246 e. The van der Waals surface area contributed by atoms with E-state index in [0.717, 1.165) is 17.7 Å². The molecule has 26 heavy (non-hydrogen) atoms. The van der Waals surface area contributed by atoms with Crippen molar-refractivity contribution >= 4 is 5.91 Å². The Balaban J connectivity index is 1.76. The van der Waals surface area contributed by atoms with Crippen molar-refractivity contribution in [2.24, 2.45) is 0 Å². The molecule has 0 bridgehead atoms. The lowest BCUT2D eigenvalue weighted by Gasteiger charge is -2.18. The number of amides is 1. The van der Waals surface area contributed by atoms with Gasteiger partial charge in [0.15, 0.2) is 5.76 Å². The minimum Gasteiger partial charge on any atom is -0.359 e. The molecular weight excluding hydrogens is 335 g/mol. The van der Waals surface area contributed by atoms with Gasteiger partial charge in [0, 0.05) is 24.4 Å². The third kappa shape index (κ3) is 4.05. The van der Waals surface area contributed by atoms with Crippen molar-refractivity contribution < 1.29 is 13.7 Å². The van der Waals surface area contributed by atoms with Gasteiger partial charge < -0.3 is 9.42 Å². The lowest BCUT2D eigenvalue weighted by molar-refractivity contribution is -0.127. The predicted octanol–water partition coefficient (Wildman–Crippen LogP) is 3.28. The zero-order valence-corrected chi connectivity index (χ0v) is 14.4. The molecule has 0 atom stereocenters. The Hall–Kier alpha value is -3.22. The van der Waals surface area contributed by atoms with Crippen LogP contribution in [-0.2, 0) is 24.3 Å². The number of hydrogen-bond acceptors (Lipinski definition) is 4. The number of hydrogen-bond donors (Lipinski definition) is 0. The molecule has 2 heterocycles. The van der Waals surface area contributed by atoms with E-state index in [9.17, 15) is 9.18 Å². The fraction of sp³-hybridized carbons (Fsp3) is 0.211. The first-order valence-electron chi connectivity index (χ1n) is 8.24.